The van der Waals surface area contributed by atoms with E-state index in [1.165, 1.54) is 16.7 Å². The number of benzene rings is 1. The molecular formula is C19H25N3O. The van der Waals surface area contributed by atoms with Crippen LogP contribution < -0.4 is 5.73 Å². The van der Waals surface area contributed by atoms with E-state index in [1.54, 1.807) is 0 Å². The summed E-state index contributed by atoms with van der Waals surface area (Å²) in [6, 6.07) is 8.27. The van der Waals surface area contributed by atoms with E-state index < -0.39 is 0 Å². The Bertz CT molecular complexity index is 645. The number of rotatable bonds is 4. The molecule has 1 aromatic rings. The summed E-state index contributed by atoms with van der Waals surface area (Å²) in [4.78, 5) is 19.0. The van der Waals surface area contributed by atoms with Crippen molar-refractivity contribution in [2.24, 2.45) is 10.7 Å². The standard InChI is InChI=1S/C19H25N3O/c1-3-16(20)19(23)22-10-4-5-18(22)17-11-15(12-21-17)14-8-6-13(2)7-9-14/h6-9,12,16,18H,3-5,10-11,20H2,1-2H3/t16-,18-/m0/s1. The van der Waals surface area contributed by atoms with Gasteiger partial charge in [0.1, 0.15) is 0 Å². The zero-order chi connectivity index (χ0) is 16.4. The quantitative estimate of drug-likeness (QED) is 0.929. The summed E-state index contributed by atoms with van der Waals surface area (Å²) in [5, 5.41) is 0. The second kappa shape index (κ2) is 6.67. The molecule has 23 heavy (non-hydrogen) atoms. The molecule has 122 valence electrons. The van der Waals surface area contributed by atoms with Gasteiger partial charge in [0.2, 0.25) is 5.91 Å². The molecule has 0 aromatic heterocycles. The molecule has 2 aliphatic heterocycles. The highest BCUT2D eigenvalue weighted by Gasteiger charge is 2.35. The van der Waals surface area contributed by atoms with Crippen LogP contribution in [0.2, 0.25) is 0 Å². The lowest BCUT2D eigenvalue weighted by atomic mass is 9.98. The van der Waals surface area contributed by atoms with E-state index in [2.05, 4.69) is 36.2 Å². The van der Waals surface area contributed by atoms with E-state index in [-0.39, 0.29) is 18.0 Å². The number of hydrogen-bond donors (Lipinski definition) is 1. The van der Waals surface area contributed by atoms with Crippen molar-refractivity contribution in [1.82, 2.24) is 4.90 Å². The third kappa shape index (κ3) is 3.22. The highest BCUT2D eigenvalue weighted by atomic mass is 16.2. The van der Waals surface area contributed by atoms with Crippen LogP contribution in [0.15, 0.2) is 35.5 Å². The molecule has 0 unspecified atom stereocenters. The van der Waals surface area contributed by atoms with Crippen molar-refractivity contribution in [1.29, 1.82) is 0 Å². The maximum absolute atomic E-state index is 12.5. The van der Waals surface area contributed by atoms with Crippen LogP contribution in [0.5, 0.6) is 0 Å². The van der Waals surface area contributed by atoms with Gasteiger partial charge in [0.25, 0.3) is 0 Å². The molecule has 0 bridgehead atoms. The smallest absolute Gasteiger partial charge is 0.240 e. The van der Waals surface area contributed by atoms with Crippen molar-refractivity contribution >= 4 is 17.2 Å². The number of hydrogen-bond acceptors (Lipinski definition) is 3. The first-order valence-corrected chi connectivity index (χ1v) is 8.49. The molecule has 0 aliphatic carbocycles. The number of carbonyl (C=O) groups is 1. The lowest BCUT2D eigenvalue weighted by Gasteiger charge is -2.27. The molecule has 1 fully saturated rings. The number of amides is 1. The fourth-order valence-electron chi connectivity index (χ4n) is 3.36. The van der Waals surface area contributed by atoms with Crippen LogP contribution >= 0.6 is 0 Å². The van der Waals surface area contributed by atoms with Gasteiger partial charge in [-0.05, 0) is 37.3 Å². The van der Waals surface area contributed by atoms with Gasteiger partial charge in [0, 0.05) is 24.9 Å². The lowest BCUT2D eigenvalue weighted by Crippen LogP contribution is -2.48. The summed E-state index contributed by atoms with van der Waals surface area (Å²) in [6.07, 6.45) is 5.50. The molecule has 2 atom stereocenters. The van der Waals surface area contributed by atoms with Crippen molar-refractivity contribution in [3.05, 3.63) is 41.6 Å². The molecule has 4 heteroatoms. The fraction of sp³-hybridized carbons (Fsp3) is 0.474. The zero-order valence-electron chi connectivity index (χ0n) is 14.0. The summed E-state index contributed by atoms with van der Waals surface area (Å²) in [6.45, 7) is 4.85. The van der Waals surface area contributed by atoms with Crippen LogP contribution in [-0.2, 0) is 4.79 Å². The number of aryl methyl sites for hydroxylation is 1. The van der Waals surface area contributed by atoms with Crippen molar-refractivity contribution < 1.29 is 4.79 Å². The van der Waals surface area contributed by atoms with Gasteiger partial charge in [0.15, 0.2) is 0 Å². The van der Waals surface area contributed by atoms with E-state index in [1.807, 2.05) is 18.0 Å². The van der Waals surface area contributed by atoms with E-state index in [4.69, 9.17) is 5.73 Å². The maximum Gasteiger partial charge on any atom is 0.240 e. The third-order valence-corrected chi connectivity index (χ3v) is 4.86. The highest BCUT2D eigenvalue weighted by Crippen LogP contribution is 2.30. The Labute approximate surface area is 138 Å². The molecule has 0 spiro atoms. The van der Waals surface area contributed by atoms with E-state index in [9.17, 15) is 4.79 Å². The second-order valence-corrected chi connectivity index (χ2v) is 6.52. The Morgan fingerprint density at radius 1 is 1.39 bits per heavy atom. The Hall–Kier alpha value is -1.94. The average molecular weight is 311 g/mol. The van der Waals surface area contributed by atoms with Gasteiger partial charge in [-0.1, -0.05) is 36.8 Å². The number of nitrogens with two attached hydrogens (primary N) is 1. The van der Waals surface area contributed by atoms with Crippen LogP contribution in [0.3, 0.4) is 0 Å². The number of likely N-dealkylation sites (tertiary alicyclic amines) is 1. The minimum Gasteiger partial charge on any atom is -0.333 e. The molecule has 0 radical (unpaired) electrons. The minimum absolute atomic E-state index is 0.0708. The van der Waals surface area contributed by atoms with E-state index in [0.29, 0.717) is 6.42 Å². The molecule has 1 aromatic carbocycles. The number of aliphatic imine (C=N–C) groups is 1. The molecule has 2 heterocycles. The first-order valence-electron chi connectivity index (χ1n) is 8.49. The van der Waals surface area contributed by atoms with Gasteiger partial charge in [-0.2, -0.15) is 0 Å². The Morgan fingerprint density at radius 3 is 2.83 bits per heavy atom. The summed E-state index contributed by atoms with van der Waals surface area (Å²) >= 11 is 0. The van der Waals surface area contributed by atoms with E-state index in [0.717, 1.165) is 31.5 Å². The fourth-order valence-corrected chi connectivity index (χ4v) is 3.36. The zero-order valence-corrected chi connectivity index (χ0v) is 14.0. The minimum atomic E-state index is -0.387. The number of carbonyl (C=O) groups excluding carboxylic acids is 1. The third-order valence-electron chi connectivity index (χ3n) is 4.86. The predicted octanol–water partition coefficient (Wildman–Crippen LogP) is 2.91. The Morgan fingerprint density at radius 2 is 2.13 bits per heavy atom. The normalized spacial score (nSPS) is 22.0. The molecular weight excluding hydrogens is 286 g/mol. The summed E-state index contributed by atoms with van der Waals surface area (Å²) < 4.78 is 0. The monoisotopic (exact) mass is 311 g/mol. The average Bonchev–Trinajstić information content (AvgIpc) is 3.22. The van der Waals surface area contributed by atoms with Crippen LogP contribution in [0.1, 0.15) is 43.7 Å². The highest BCUT2D eigenvalue weighted by molar-refractivity contribution is 6.03. The number of nitrogens with zero attached hydrogens (tertiary/aromatic N) is 2. The molecule has 2 aliphatic rings. The molecule has 4 nitrogen and oxygen atoms in total. The maximum atomic E-state index is 12.5. The first-order chi connectivity index (χ1) is 11.1. The van der Waals surface area contributed by atoms with Gasteiger partial charge >= 0.3 is 0 Å². The van der Waals surface area contributed by atoms with Gasteiger partial charge in [-0.25, -0.2) is 0 Å². The predicted molar refractivity (Wildman–Crippen MR) is 94.2 cm³/mol. The summed E-state index contributed by atoms with van der Waals surface area (Å²) in [5.41, 5.74) is 10.8. The van der Waals surface area contributed by atoms with Gasteiger partial charge in [-0.3, -0.25) is 9.79 Å². The molecule has 2 N–H and O–H groups in total. The Balaban J connectivity index is 1.69. The summed E-state index contributed by atoms with van der Waals surface area (Å²) in [7, 11) is 0. The van der Waals surface area contributed by atoms with Crippen LogP contribution in [0, 0.1) is 6.92 Å². The largest absolute Gasteiger partial charge is 0.333 e. The van der Waals surface area contributed by atoms with Crippen molar-refractivity contribution in [2.45, 2.75) is 51.6 Å². The first kappa shape index (κ1) is 15.9. The van der Waals surface area contributed by atoms with Crippen LogP contribution in [-0.4, -0.2) is 35.1 Å². The van der Waals surface area contributed by atoms with Crippen LogP contribution in [0.4, 0.5) is 0 Å². The van der Waals surface area contributed by atoms with Crippen molar-refractivity contribution in [3.8, 4) is 0 Å². The topological polar surface area (TPSA) is 58.7 Å². The molecule has 1 amide bonds. The molecule has 1 saturated heterocycles. The van der Waals surface area contributed by atoms with Crippen molar-refractivity contribution in [3.63, 3.8) is 0 Å². The van der Waals surface area contributed by atoms with Crippen molar-refractivity contribution in [2.75, 3.05) is 6.54 Å². The Kier molecular flexibility index (Phi) is 4.62. The lowest BCUT2D eigenvalue weighted by molar-refractivity contribution is -0.132. The van der Waals surface area contributed by atoms with E-state index >= 15 is 0 Å². The molecule has 0 saturated carbocycles. The van der Waals surface area contributed by atoms with Gasteiger partial charge in [0.05, 0.1) is 12.1 Å². The van der Waals surface area contributed by atoms with Gasteiger partial charge in [-0.15, -0.1) is 0 Å². The van der Waals surface area contributed by atoms with Gasteiger partial charge < -0.3 is 10.6 Å². The van der Waals surface area contributed by atoms with Crippen LogP contribution in [0.25, 0.3) is 5.57 Å². The summed E-state index contributed by atoms with van der Waals surface area (Å²) in [5.74, 6) is 0.0708. The molecule has 3 rings (SSSR count). The second-order valence-electron chi connectivity index (χ2n) is 6.52. The number of allylic oxidation sites excluding steroid dienone is 1. The SMILES string of the molecule is CC[C@H](N)C(=O)N1CCC[C@H]1C1=NC=C(c2ccc(C)cc2)C1.